The van der Waals surface area contributed by atoms with Crippen LogP contribution in [-0.2, 0) is 0 Å². The molecule has 2 aliphatic heterocycles. The van der Waals surface area contributed by atoms with Crippen molar-refractivity contribution < 1.29 is 0 Å². The van der Waals surface area contributed by atoms with Crippen LogP contribution in [0.5, 0.6) is 0 Å². The topological polar surface area (TPSA) is 13.0 Å². The molecule has 4 heteroatoms. The second-order valence-corrected chi connectivity index (χ2v) is 17.4. The molecule has 0 saturated carbocycles. The molecule has 11 aromatic rings. The number of anilines is 10. The SMILES string of the molecule is CN1c2ccccc2N(c2ccc3c(-c4cccc(-c5cccc6ccccc56)c4)c4cc(N5c6ccccc6N(C)c6ccccc65)ccc4c(-c4ccccc4)c3c2)c2ccccc21. The number of benzene rings is 11. The molecule has 0 saturated heterocycles. The van der Waals surface area contributed by atoms with E-state index in [-0.39, 0.29) is 0 Å². The molecule has 2 aliphatic rings. The Bertz CT molecular complexity index is 3620. The Hall–Kier alpha value is -8.60. The lowest BCUT2D eigenvalue weighted by Crippen LogP contribution is -2.24. The fraction of sp³-hybridized carbons (Fsp3) is 0.0323. The summed E-state index contributed by atoms with van der Waals surface area (Å²) in [5.41, 5.74) is 18.7. The summed E-state index contributed by atoms with van der Waals surface area (Å²) in [6, 6.07) is 84.8. The molecule has 0 amide bonds. The van der Waals surface area contributed by atoms with Crippen LogP contribution in [0.2, 0.25) is 0 Å². The summed E-state index contributed by atoms with van der Waals surface area (Å²) in [5, 5.41) is 7.29. The maximum absolute atomic E-state index is 2.45. The van der Waals surface area contributed by atoms with Crippen LogP contribution in [0.4, 0.5) is 56.9 Å². The van der Waals surface area contributed by atoms with Crippen molar-refractivity contribution in [2.75, 3.05) is 33.7 Å². The fourth-order valence-electron chi connectivity index (χ4n) is 10.9. The largest absolute Gasteiger partial charge is 0.341 e. The lowest BCUT2D eigenvalue weighted by Gasteiger charge is -2.39. The van der Waals surface area contributed by atoms with Gasteiger partial charge < -0.3 is 19.6 Å². The number of nitrogens with zero attached hydrogens (tertiary/aromatic N) is 4. The Morgan fingerprint density at radius 3 is 1.18 bits per heavy atom. The second-order valence-electron chi connectivity index (χ2n) is 17.4. The molecule has 0 aromatic heterocycles. The zero-order valence-electron chi connectivity index (χ0n) is 36.7. The van der Waals surface area contributed by atoms with E-state index in [1.54, 1.807) is 0 Å². The van der Waals surface area contributed by atoms with Crippen LogP contribution in [0.25, 0.3) is 65.7 Å². The van der Waals surface area contributed by atoms with E-state index in [1.165, 1.54) is 88.4 Å². The molecule has 13 rings (SSSR count). The van der Waals surface area contributed by atoms with Crippen LogP contribution in [-0.4, -0.2) is 14.1 Å². The molecule has 0 atom stereocenters. The fourth-order valence-corrected chi connectivity index (χ4v) is 10.9. The maximum Gasteiger partial charge on any atom is 0.0699 e. The van der Waals surface area contributed by atoms with Crippen molar-refractivity contribution in [1.82, 2.24) is 0 Å². The van der Waals surface area contributed by atoms with Gasteiger partial charge in [0.25, 0.3) is 0 Å². The van der Waals surface area contributed by atoms with Gasteiger partial charge in [0.05, 0.1) is 45.5 Å². The van der Waals surface area contributed by atoms with Crippen molar-refractivity contribution >= 4 is 89.2 Å². The van der Waals surface area contributed by atoms with Gasteiger partial charge in [0.2, 0.25) is 0 Å². The smallest absolute Gasteiger partial charge is 0.0699 e. The zero-order chi connectivity index (χ0) is 43.9. The molecule has 0 radical (unpaired) electrons. The lowest BCUT2D eigenvalue weighted by molar-refractivity contribution is 1.13. The highest BCUT2D eigenvalue weighted by molar-refractivity contribution is 6.23. The van der Waals surface area contributed by atoms with Crippen LogP contribution in [0.3, 0.4) is 0 Å². The third-order valence-electron chi connectivity index (χ3n) is 13.9. The van der Waals surface area contributed by atoms with Crippen molar-refractivity contribution in [3.63, 3.8) is 0 Å². The van der Waals surface area contributed by atoms with Crippen LogP contribution in [0.15, 0.2) is 231 Å². The average molecular weight is 845 g/mol. The lowest BCUT2D eigenvalue weighted by atomic mass is 9.84. The maximum atomic E-state index is 2.45. The summed E-state index contributed by atoms with van der Waals surface area (Å²) >= 11 is 0. The van der Waals surface area contributed by atoms with Gasteiger partial charge in [-0.25, -0.2) is 0 Å². The van der Waals surface area contributed by atoms with Gasteiger partial charge in [-0.3, -0.25) is 0 Å². The molecular formula is C62H44N4. The van der Waals surface area contributed by atoms with Crippen molar-refractivity contribution in [2.24, 2.45) is 0 Å². The molecule has 2 heterocycles. The molecule has 312 valence electrons. The molecule has 0 bridgehead atoms. The predicted molar refractivity (Wildman–Crippen MR) is 281 cm³/mol. The molecule has 0 aliphatic carbocycles. The van der Waals surface area contributed by atoms with E-state index in [4.69, 9.17) is 0 Å². The van der Waals surface area contributed by atoms with Crippen LogP contribution in [0, 0.1) is 0 Å². The molecule has 0 N–H and O–H groups in total. The van der Waals surface area contributed by atoms with Crippen molar-refractivity contribution in [3.8, 4) is 33.4 Å². The minimum Gasteiger partial charge on any atom is -0.341 e. The summed E-state index contributed by atoms with van der Waals surface area (Å²) in [6.07, 6.45) is 0. The van der Waals surface area contributed by atoms with Gasteiger partial charge in [0.1, 0.15) is 0 Å². The van der Waals surface area contributed by atoms with E-state index in [0.29, 0.717) is 0 Å². The zero-order valence-corrected chi connectivity index (χ0v) is 36.7. The molecule has 66 heavy (non-hydrogen) atoms. The van der Waals surface area contributed by atoms with Gasteiger partial charge in [0, 0.05) is 25.5 Å². The van der Waals surface area contributed by atoms with Gasteiger partial charge in [0.15, 0.2) is 0 Å². The molecule has 0 unspecified atom stereocenters. The van der Waals surface area contributed by atoms with Crippen molar-refractivity contribution in [3.05, 3.63) is 231 Å². The Kier molecular flexibility index (Phi) is 8.62. The Morgan fingerprint density at radius 1 is 0.258 bits per heavy atom. The molecular weight excluding hydrogens is 801 g/mol. The third kappa shape index (κ3) is 5.78. The van der Waals surface area contributed by atoms with Crippen LogP contribution < -0.4 is 19.6 Å². The highest BCUT2D eigenvalue weighted by atomic mass is 15.3. The van der Waals surface area contributed by atoms with Crippen LogP contribution in [0.1, 0.15) is 0 Å². The van der Waals surface area contributed by atoms with Gasteiger partial charge in [-0.2, -0.15) is 0 Å². The molecule has 0 fully saturated rings. The number of fused-ring (bicyclic) bond motifs is 7. The Morgan fingerprint density at radius 2 is 0.652 bits per heavy atom. The van der Waals surface area contributed by atoms with Gasteiger partial charge >= 0.3 is 0 Å². The van der Waals surface area contributed by atoms with E-state index in [0.717, 1.165) is 34.1 Å². The Balaban J connectivity index is 1.13. The predicted octanol–water partition coefficient (Wildman–Crippen LogP) is 17.2. The summed E-state index contributed by atoms with van der Waals surface area (Å²) in [5.74, 6) is 0. The van der Waals surface area contributed by atoms with E-state index in [1.807, 2.05) is 0 Å². The summed E-state index contributed by atoms with van der Waals surface area (Å²) in [4.78, 5) is 9.50. The first-order valence-corrected chi connectivity index (χ1v) is 22.7. The van der Waals surface area contributed by atoms with Crippen molar-refractivity contribution in [1.29, 1.82) is 0 Å². The Labute approximate surface area is 385 Å². The van der Waals surface area contributed by atoms with E-state index < -0.39 is 0 Å². The summed E-state index contributed by atoms with van der Waals surface area (Å²) < 4.78 is 0. The number of rotatable bonds is 5. The molecule has 4 nitrogen and oxygen atoms in total. The van der Waals surface area contributed by atoms with Crippen LogP contribution >= 0.6 is 0 Å². The normalized spacial score (nSPS) is 12.9. The summed E-state index contributed by atoms with van der Waals surface area (Å²) in [7, 11) is 4.34. The van der Waals surface area contributed by atoms with Gasteiger partial charge in [-0.05, 0) is 145 Å². The minimum atomic E-state index is 1.11. The molecule has 11 aromatic carbocycles. The first kappa shape index (κ1) is 37.9. The number of hydrogen-bond donors (Lipinski definition) is 0. The first-order valence-electron chi connectivity index (χ1n) is 22.7. The van der Waals surface area contributed by atoms with E-state index in [9.17, 15) is 0 Å². The number of hydrogen-bond acceptors (Lipinski definition) is 4. The highest BCUT2D eigenvalue weighted by Gasteiger charge is 2.30. The second kappa shape index (κ2) is 15.0. The molecule has 0 spiro atoms. The van der Waals surface area contributed by atoms with Gasteiger partial charge in [-0.1, -0.05) is 152 Å². The monoisotopic (exact) mass is 844 g/mol. The standard InChI is InChI=1S/C62H44N4/c1-63-53-26-8-12-30-57(53)65(58-31-13-9-27-54(58)63)45-35-37-50-51(39-45)61(42-19-4-3-5-20-42)49-36-34-46(66-59-32-14-10-28-55(59)64(2)56-29-11-15-33-60(56)66)40-52(49)62(50)44-23-16-22-43(38-44)48-25-17-21-41-18-6-7-24-47(41)48/h3-40H,1-2H3. The summed E-state index contributed by atoms with van der Waals surface area (Å²) in [6.45, 7) is 0. The van der Waals surface area contributed by atoms with Crippen molar-refractivity contribution in [2.45, 2.75) is 0 Å². The third-order valence-corrected chi connectivity index (χ3v) is 13.9. The minimum absolute atomic E-state index is 1.11. The van der Waals surface area contributed by atoms with E-state index >= 15 is 0 Å². The highest BCUT2D eigenvalue weighted by Crippen LogP contribution is 2.55. The number of para-hydroxylation sites is 8. The quantitative estimate of drug-likeness (QED) is 0.160. The van der Waals surface area contributed by atoms with E-state index in [2.05, 4.69) is 264 Å². The van der Waals surface area contributed by atoms with Gasteiger partial charge in [-0.15, -0.1) is 0 Å². The first-order chi connectivity index (χ1) is 32.6. The average Bonchev–Trinajstić information content (AvgIpc) is 3.38.